The molecule has 1 amide bonds. The van der Waals surface area contributed by atoms with E-state index in [1.54, 1.807) is 0 Å². The Morgan fingerprint density at radius 2 is 2.08 bits per heavy atom. The van der Waals surface area contributed by atoms with Gasteiger partial charge in [0.15, 0.2) is 0 Å². The highest BCUT2D eigenvalue weighted by molar-refractivity contribution is 5.78. The largest absolute Gasteiger partial charge is 0.381 e. The van der Waals surface area contributed by atoms with Crippen LogP contribution in [0.4, 0.5) is 0 Å². The standard InChI is InChI=1S/C18H30N4O2/c1-14(2)22-7-4-16(19-22)12-18(23)21-9-8-20(13-15(21)3)17-5-10-24-11-6-17/h4,7,14-15,17H,5-6,8-13H2,1-3H3/t15-/m1/s1. The van der Waals surface area contributed by atoms with E-state index in [4.69, 9.17) is 4.74 Å². The van der Waals surface area contributed by atoms with Crippen LogP contribution in [0, 0.1) is 0 Å². The number of hydrogen-bond acceptors (Lipinski definition) is 4. The number of nitrogens with zero attached hydrogens (tertiary/aromatic N) is 4. The topological polar surface area (TPSA) is 50.6 Å². The Morgan fingerprint density at radius 1 is 1.33 bits per heavy atom. The summed E-state index contributed by atoms with van der Waals surface area (Å²) in [4.78, 5) is 17.3. The van der Waals surface area contributed by atoms with Gasteiger partial charge in [-0.15, -0.1) is 0 Å². The summed E-state index contributed by atoms with van der Waals surface area (Å²) in [7, 11) is 0. The van der Waals surface area contributed by atoms with Crippen LogP contribution in [-0.2, 0) is 16.0 Å². The molecule has 0 N–H and O–H groups in total. The first-order valence-corrected chi connectivity index (χ1v) is 9.20. The highest BCUT2D eigenvalue weighted by Gasteiger charge is 2.31. The van der Waals surface area contributed by atoms with Crippen molar-refractivity contribution in [1.82, 2.24) is 19.6 Å². The number of ether oxygens (including phenoxy) is 1. The van der Waals surface area contributed by atoms with Gasteiger partial charge in [-0.1, -0.05) is 0 Å². The zero-order chi connectivity index (χ0) is 17.1. The van der Waals surface area contributed by atoms with Crippen molar-refractivity contribution in [2.45, 2.75) is 58.2 Å². The molecule has 24 heavy (non-hydrogen) atoms. The van der Waals surface area contributed by atoms with Crippen LogP contribution >= 0.6 is 0 Å². The molecular formula is C18H30N4O2. The van der Waals surface area contributed by atoms with Crippen molar-refractivity contribution in [2.75, 3.05) is 32.8 Å². The zero-order valence-electron chi connectivity index (χ0n) is 15.1. The normalized spacial score (nSPS) is 23.8. The average molecular weight is 334 g/mol. The monoisotopic (exact) mass is 334 g/mol. The molecule has 0 spiro atoms. The second-order valence-corrected chi connectivity index (χ2v) is 7.33. The third kappa shape index (κ3) is 3.98. The third-order valence-corrected chi connectivity index (χ3v) is 5.21. The van der Waals surface area contributed by atoms with Gasteiger partial charge in [0, 0.05) is 57.2 Å². The molecule has 134 valence electrons. The van der Waals surface area contributed by atoms with Gasteiger partial charge in [-0.05, 0) is 39.7 Å². The summed E-state index contributed by atoms with van der Waals surface area (Å²) in [6.45, 7) is 10.9. The quantitative estimate of drug-likeness (QED) is 0.841. The minimum Gasteiger partial charge on any atom is -0.381 e. The lowest BCUT2D eigenvalue weighted by Crippen LogP contribution is -2.57. The minimum absolute atomic E-state index is 0.197. The van der Waals surface area contributed by atoms with Gasteiger partial charge < -0.3 is 9.64 Å². The molecule has 2 saturated heterocycles. The van der Waals surface area contributed by atoms with E-state index < -0.39 is 0 Å². The summed E-state index contributed by atoms with van der Waals surface area (Å²) in [5.41, 5.74) is 0.868. The first-order chi connectivity index (χ1) is 11.5. The maximum atomic E-state index is 12.7. The van der Waals surface area contributed by atoms with Gasteiger partial charge in [0.05, 0.1) is 12.1 Å². The van der Waals surface area contributed by atoms with Crippen molar-refractivity contribution in [3.05, 3.63) is 18.0 Å². The van der Waals surface area contributed by atoms with Gasteiger partial charge in [0.2, 0.25) is 5.91 Å². The fourth-order valence-electron chi connectivity index (χ4n) is 3.75. The van der Waals surface area contributed by atoms with E-state index >= 15 is 0 Å². The van der Waals surface area contributed by atoms with Crippen molar-refractivity contribution in [3.8, 4) is 0 Å². The molecule has 0 aliphatic carbocycles. The molecule has 1 atom stereocenters. The number of amides is 1. The Hall–Kier alpha value is -1.40. The average Bonchev–Trinajstić information content (AvgIpc) is 3.04. The molecule has 2 aliphatic rings. The van der Waals surface area contributed by atoms with Crippen LogP contribution in [0.25, 0.3) is 0 Å². The second kappa shape index (κ2) is 7.66. The third-order valence-electron chi connectivity index (χ3n) is 5.21. The molecule has 0 bridgehead atoms. The molecule has 1 aromatic rings. The lowest BCUT2D eigenvalue weighted by molar-refractivity contribution is -0.136. The first kappa shape index (κ1) is 17.4. The van der Waals surface area contributed by atoms with Crippen LogP contribution in [0.2, 0.25) is 0 Å². The molecule has 0 aromatic carbocycles. The van der Waals surface area contributed by atoms with Gasteiger partial charge in [-0.25, -0.2) is 0 Å². The van der Waals surface area contributed by atoms with Crippen LogP contribution < -0.4 is 0 Å². The van der Waals surface area contributed by atoms with E-state index in [9.17, 15) is 4.79 Å². The van der Waals surface area contributed by atoms with E-state index in [1.165, 1.54) is 0 Å². The van der Waals surface area contributed by atoms with E-state index in [0.717, 1.165) is 51.4 Å². The molecule has 3 rings (SSSR count). The van der Waals surface area contributed by atoms with Gasteiger partial charge in [0.1, 0.15) is 0 Å². The highest BCUT2D eigenvalue weighted by atomic mass is 16.5. The summed E-state index contributed by atoms with van der Waals surface area (Å²) in [6.07, 6.45) is 4.60. The van der Waals surface area contributed by atoms with Crippen molar-refractivity contribution >= 4 is 5.91 Å². The Balaban J connectivity index is 1.54. The van der Waals surface area contributed by atoms with Crippen molar-refractivity contribution < 1.29 is 9.53 Å². The molecular weight excluding hydrogens is 304 g/mol. The van der Waals surface area contributed by atoms with Crippen molar-refractivity contribution in [1.29, 1.82) is 0 Å². The maximum absolute atomic E-state index is 12.7. The van der Waals surface area contributed by atoms with Crippen molar-refractivity contribution in [2.24, 2.45) is 0 Å². The molecule has 0 unspecified atom stereocenters. The summed E-state index contributed by atoms with van der Waals surface area (Å²) < 4.78 is 7.37. The second-order valence-electron chi connectivity index (χ2n) is 7.33. The van der Waals surface area contributed by atoms with Gasteiger partial charge in [0.25, 0.3) is 0 Å². The van der Waals surface area contributed by atoms with E-state index in [1.807, 2.05) is 21.8 Å². The Labute approximate surface area is 144 Å². The summed E-state index contributed by atoms with van der Waals surface area (Å²) in [5.74, 6) is 0.197. The zero-order valence-corrected chi connectivity index (χ0v) is 15.1. The van der Waals surface area contributed by atoms with Crippen molar-refractivity contribution in [3.63, 3.8) is 0 Å². The smallest absolute Gasteiger partial charge is 0.228 e. The molecule has 2 fully saturated rings. The fourth-order valence-corrected chi connectivity index (χ4v) is 3.75. The maximum Gasteiger partial charge on any atom is 0.228 e. The van der Waals surface area contributed by atoms with E-state index in [2.05, 4.69) is 30.8 Å². The minimum atomic E-state index is 0.197. The first-order valence-electron chi connectivity index (χ1n) is 9.20. The number of carbonyl (C=O) groups is 1. The van der Waals surface area contributed by atoms with E-state index in [0.29, 0.717) is 18.5 Å². The van der Waals surface area contributed by atoms with Gasteiger partial charge in [-0.2, -0.15) is 5.10 Å². The number of carbonyl (C=O) groups excluding carboxylic acids is 1. The van der Waals surface area contributed by atoms with Gasteiger partial charge in [-0.3, -0.25) is 14.4 Å². The van der Waals surface area contributed by atoms with Crippen LogP contribution in [0.3, 0.4) is 0 Å². The van der Waals surface area contributed by atoms with Crippen LogP contribution in [0.5, 0.6) is 0 Å². The van der Waals surface area contributed by atoms with Crippen LogP contribution in [0.15, 0.2) is 12.3 Å². The molecule has 2 aliphatic heterocycles. The molecule has 6 heteroatoms. The Morgan fingerprint density at radius 3 is 2.71 bits per heavy atom. The number of hydrogen-bond donors (Lipinski definition) is 0. The molecule has 0 saturated carbocycles. The predicted octanol–water partition coefficient (Wildman–Crippen LogP) is 1.72. The fraction of sp³-hybridized carbons (Fsp3) is 0.778. The van der Waals surface area contributed by atoms with Gasteiger partial charge >= 0.3 is 0 Å². The number of rotatable bonds is 4. The van der Waals surface area contributed by atoms with Crippen LogP contribution in [0.1, 0.15) is 45.3 Å². The molecule has 3 heterocycles. The SMILES string of the molecule is CC(C)n1ccc(CC(=O)N2CCN(C3CCOCC3)C[C@H]2C)n1. The molecule has 1 aromatic heterocycles. The molecule has 0 radical (unpaired) electrons. The van der Waals surface area contributed by atoms with Crippen LogP contribution in [-0.4, -0.2) is 70.4 Å². The Kier molecular flexibility index (Phi) is 5.56. The highest BCUT2D eigenvalue weighted by Crippen LogP contribution is 2.20. The summed E-state index contributed by atoms with van der Waals surface area (Å²) in [5, 5.41) is 4.50. The summed E-state index contributed by atoms with van der Waals surface area (Å²) >= 11 is 0. The Bertz CT molecular complexity index is 551. The lowest BCUT2D eigenvalue weighted by Gasteiger charge is -2.44. The summed E-state index contributed by atoms with van der Waals surface area (Å²) in [6, 6.07) is 3.18. The number of aromatic nitrogens is 2. The predicted molar refractivity (Wildman–Crippen MR) is 92.9 cm³/mol. The lowest BCUT2D eigenvalue weighted by atomic mass is 10.0. The number of piperazine rings is 1. The van der Waals surface area contributed by atoms with E-state index in [-0.39, 0.29) is 11.9 Å². The molecule has 6 nitrogen and oxygen atoms in total.